The van der Waals surface area contributed by atoms with Crippen LogP contribution in [0.1, 0.15) is 336 Å². The Labute approximate surface area is 668 Å². The van der Waals surface area contributed by atoms with Crippen molar-refractivity contribution in [2.45, 2.75) is 354 Å². The minimum atomic E-state index is -5.00. The maximum Gasteiger partial charge on any atom is 0.472 e. The lowest BCUT2D eigenvalue weighted by Gasteiger charge is -2.21. The van der Waals surface area contributed by atoms with Crippen LogP contribution in [0, 0.1) is 0 Å². The van der Waals surface area contributed by atoms with E-state index in [1.165, 1.54) is 70.6 Å². The van der Waals surface area contributed by atoms with Gasteiger partial charge in [-0.15, -0.1) is 0 Å². The quantitative estimate of drug-likeness (QED) is 0.0169. The van der Waals surface area contributed by atoms with Crippen LogP contribution in [0.15, 0.2) is 158 Å². The molecule has 628 valence electrons. The highest BCUT2D eigenvalue weighted by Crippen LogP contribution is 2.45. The molecule has 0 aliphatic rings. The highest BCUT2D eigenvalue weighted by atomic mass is 31.2. The van der Waals surface area contributed by atoms with Crippen LogP contribution in [0.5, 0.6) is 0 Å². The van der Waals surface area contributed by atoms with Gasteiger partial charge in [-0.1, -0.05) is 327 Å². The van der Waals surface area contributed by atoms with Crippen molar-refractivity contribution >= 4 is 39.5 Å². The smallest absolute Gasteiger partial charge is 0.462 e. The molecule has 0 bridgehead atoms. The monoisotopic (exact) mass is 1580 g/mol. The van der Waals surface area contributed by atoms with E-state index < -0.39 is 97.5 Å². The second kappa shape index (κ2) is 81.7. The SMILES string of the molecule is CC/C=C\C/C=C\C/C=C\C/C=C\C/C=C\C/C=C\CCC(=O)OCC(COP(=O)(O)OCC(O)COP(=O)(O)OCC(COC(=O)CCCCCCCC/C=C\C/C=C\C/C=C\C/C=C\CC)OC(=O)CCCCCCCC/C=C\C/C=C\C/C=C\CCCCC)OC(=O)CCCCCCCCCCCCCCC. The molecule has 17 nitrogen and oxygen atoms in total. The van der Waals surface area contributed by atoms with E-state index in [0.717, 1.165) is 180 Å². The average Bonchev–Trinajstić information content (AvgIpc) is 0.942. The molecule has 0 heterocycles. The number of hydrogen-bond donors (Lipinski definition) is 3. The molecule has 0 saturated heterocycles. The zero-order chi connectivity index (χ0) is 80.3. The van der Waals surface area contributed by atoms with Crippen LogP contribution in [0.4, 0.5) is 0 Å². The molecule has 3 N–H and O–H groups in total. The summed E-state index contributed by atoms with van der Waals surface area (Å²) in [5, 5.41) is 10.7. The van der Waals surface area contributed by atoms with Gasteiger partial charge in [-0.3, -0.25) is 37.3 Å². The van der Waals surface area contributed by atoms with Crippen molar-refractivity contribution in [3.05, 3.63) is 158 Å². The molecular formula is C91H152O17P2. The Morgan fingerprint density at radius 3 is 0.800 bits per heavy atom. The Morgan fingerprint density at radius 1 is 0.264 bits per heavy atom. The van der Waals surface area contributed by atoms with E-state index in [-0.39, 0.29) is 25.7 Å². The normalized spacial score (nSPS) is 14.6. The maximum atomic E-state index is 13.1. The molecule has 110 heavy (non-hydrogen) atoms. The minimum Gasteiger partial charge on any atom is -0.462 e. The summed E-state index contributed by atoms with van der Waals surface area (Å²) in [6.07, 6.45) is 96.4. The number of allylic oxidation sites excluding steroid dienone is 26. The Bertz CT molecular complexity index is 2700. The molecule has 0 aromatic rings. The largest absolute Gasteiger partial charge is 0.472 e. The first kappa shape index (κ1) is 105. The number of aliphatic hydroxyl groups is 1. The van der Waals surface area contributed by atoms with Gasteiger partial charge in [0.1, 0.15) is 19.3 Å². The van der Waals surface area contributed by atoms with Gasteiger partial charge in [0.05, 0.1) is 26.4 Å². The summed E-state index contributed by atoms with van der Waals surface area (Å²) in [6, 6.07) is 0. The number of hydrogen-bond acceptors (Lipinski definition) is 15. The van der Waals surface area contributed by atoms with E-state index in [1.807, 2.05) is 18.2 Å². The number of aliphatic hydroxyl groups excluding tert-OH is 1. The van der Waals surface area contributed by atoms with Gasteiger partial charge < -0.3 is 33.8 Å². The summed E-state index contributed by atoms with van der Waals surface area (Å²) in [5.41, 5.74) is 0. The van der Waals surface area contributed by atoms with Crippen molar-refractivity contribution in [2.75, 3.05) is 39.6 Å². The zero-order valence-corrected chi connectivity index (χ0v) is 70.7. The highest BCUT2D eigenvalue weighted by molar-refractivity contribution is 7.47. The van der Waals surface area contributed by atoms with Crippen molar-refractivity contribution < 1.29 is 80.2 Å². The molecule has 19 heteroatoms. The first-order chi connectivity index (χ1) is 53.7. The molecule has 0 aliphatic heterocycles. The van der Waals surface area contributed by atoms with Crippen LogP contribution < -0.4 is 0 Å². The van der Waals surface area contributed by atoms with Crippen LogP contribution in [0.25, 0.3) is 0 Å². The molecule has 0 rings (SSSR count). The molecule has 5 unspecified atom stereocenters. The number of carbonyl (C=O) groups is 4. The predicted molar refractivity (Wildman–Crippen MR) is 454 cm³/mol. The van der Waals surface area contributed by atoms with Gasteiger partial charge in [0.2, 0.25) is 0 Å². The molecule has 0 aliphatic carbocycles. The van der Waals surface area contributed by atoms with Crippen LogP contribution in [-0.2, 0) is 65.4 Å². The average molecular weight is 1580 g/mol. The molecule has 0 saturated carbocycles. The molecule has 0 spiro atoms. The number of phosphoric ester groups is 2. The zero-order valence-electron chi connectivity index (χ0n) is 68.9. The van der Waals surface area contributed by atoms with Gasteiger partial charge in [0, 0.05) is 25.7 Å². The molecule has 0 fully saturated rings. The lowest BCUT2D eigenvalue weighted by molar-refractivity contribution is -0.161. The summed E-state index contributed by atoms with van der Waals surface area (Å²) < 4.78 is 68.7. The summed E-state index contributed by atoms with van der Waals surface area (Å²) in [5.74, 6) is -2.30. The molecular weight excluding hydrogens is 1430 g/mol. The van der Waals surface area contributed by atoms with Gasteiger partial charge in [-0.05, 0) is 141 Å². The van der Waals surface area contributed by atoms with Crippen molar-refractivity contribution in [2.24, 2.45) is 0 Å². The number of ether oxygens (including phenoxy) is 4. The number of carbonyl (C=O) groups excluding carboxylic acids is 4. The van der Waals surface area contributed by atoms with Crippen LogP contribution in [-0.4, -0.2) is 96.7 Å². The first-order valence-electron chi connectivity index (χ1n) is 42.7. The van der Waals surface area contributed by atoms with E-state index in [2.05, 4.69) is 167 Å². The van der Waals surface area contributed by atoms with Crippen molar-refractivity contribution in [3.63, 3.8) is 0 Å². The summed E-state index contributed by atoms with van der Waals surface area (Å²) >= 11 is 0. The molecule has 0 aromatic carbocycles. The van der Waals surface area contributed by atoms with E-state index in [4.69, 9.17) is 37.0 Å². The summed E-state index contributed by atoms with van der Waals surface area (Å²) in [4.78, 5) is 73.2. The van der Waals surface area contributed by atoms with Crippen LogP contribution in [0.2, 0.25) is 0 Å². The third-order valence-electron chi connectivity index (χ3n) is 17.5. The molecule has 0 radical (unpaired) electrons. The Morgan fingerprint density at radius 2 is 0.491 bits per heavy atom. The van der Waals surface area contributed by atoms with Gasteiger partial charge in [-0.2, -0.15) is 0 Å². The van der Waals surface area contributed by atoms with E-state index in [0.29, 0.717) is 32.1 Å². The fourth-order valence-corrected chi connectivity index (χ4v) is 12.6. The van der Waals surface area contributed by atoms with Gasteiger partial charge in [-0.25, -0.2) is 9.13 Å². The van der Waals surface area contributed by atoms with Gasteiger partial charge in [0.15, 0.2) is 12.2 Å². The second-order valence-corrected chi connectivity index (χ2v) is 30.9. The Balaban J connectivity index is 5.45. The fourth-order valence-electron chi connectivity index (χ4n) is 11.1. The third-order valence-corrected chi connectivity index (χ3v) is 19.4. The number of unbranched alkanes of at least 4 members (excludes halogenated alkanes) is 27. The lowest BCUT2D eigenvalue weighted by Crippen LogP contribution is -2.30. The lowest BCUT2D eigenvalue weighted by atomic mass is 10.0. The minimum absolute atomic E-state index is 0.0339. The maximum absolute atomic E-state index is 13.1. The molecule has 0 aromatic heterocycles. The van der Waals surface area contributed by atoms with Gasteiger partial charge >= 0.3 is 39.5 Å². The van der Waals surface area contributed by atoms with E-state index >= 15 is 0 Å². The second-order valence-electron chi connectivity index (χ2n) is 28.0. The number of phosphoric acid groups is 2. The van der Waals surface area contributed by atoms with Crippen LogP contribution >= 0.6 is 15.6 Å². The summed E-state index contributed by atoms with van der Waals surface area (Å²) in [6.45, 7) is 4.53. The Hall–Kier alpha value is -5.32. The van der Waals surface area contributed by atoms with Crippen molar-refractivity contribution in [3.8, 4) is 0 Å². The number of rotatable bonds is 79. The molecule has 0 amide bonds. The molecule has 5 atom stereocenters. The van der Waals surface area contributed by atoms with E-state index in [9.17, 15) is 43.2 Å². The topological polar surface area (TPSA) is 237 Å². The first-order valence-corrected chi connectivity index (χ1v) is 45.7. The highest BCUT2D eigenvalue weighted by Gasteiger charge is 2.30. The standard InChI is InChI=1S/C91H152O17P2/c1-5-9-13-17-21-25-29-33-36-39-42-45-48-52-55-59-63-67-71-75-88(93)101-81-86(107-90(95)77-73-69-65-61-57-51-32-28-24-20-16-12-8-4)83-105-109(97,98)103-79-85(92)80-104-110(99,100)106-84-87(108-91(96)78-74-70-66-62-58-54-50-47-44-41-38-35-31-27-23-19-15-11-7-3)82-102-89(94)76-72-68-64-60-56-53-49-46-43-40-37-34-30-26-22-18-14-10-6-2/h9-10,13-14,21-23,25-27,33-38,42-47,52,55,63,67,85-87,92H,5-8,11-12,15-20,24,28-32,39-41,48-51,53-54,56-62,64-66,68-84H2,1-4H3,(H,97,98)(H,99,100)/b13-9-,14-10-,25-21-,26-22-,27-23-,36-33-,37-34-,38-35-,45-42-,46-43-,47-44-,55-52-,67-63-. The predicted octanol–water partition coefficient (Wildman–Crippen LogP) is 25.6. The Kier molecular flexibility index (Phi) is 77.7. The van der Waals surface area contributed by atoms with E-state index in [1.54, 1.807) is 0 Å². The fraction of sp³-hybridized carbons (Fsp3) is 0.670. The van der Waals surface area contributed by atoms with Crippen LogP contribution in [0.3, 0.4) is 0 Å². The van der Waals surface area contributed by atoms with Crippen molar-refractivity contribution in [1.29, 1.82) is 0 Å². The van der Waals surface area contributed by atoms with Gasteiger partial charge in [0.25, 0.3) is 0 Å². The number of esters is 4. The summed E-state index contributed by atoms with van der Waals surface area (Å²) in [7, 11) is -10.0. The third kappa shape index (κ3) is 80.7. The van der Waals surface area contributed by atoms with Crippen molar-refractivity contribution in [1.82, 2.24) is 0 Å².